The van der Waals surface area contributed by atoms with Gasteiger partial charge in [-0.3, -0.25) is 0 Å². The van der Waals surface area contributed by atoms with Gasteiger partial charge >= 0.3 is 0 Å². The monoisotopic (exact) mass is 240 g/mol. The maximum atomic E-state index is 9.63. The van der Waals surface area contributed by atoms with Gasteiger partial charge in [-0.15, -0.1) is 0 Å². The first-order valence-electron chi connectivity index (χ1n) is 6.84. The molecule has 0 aromatic carbocycles. The summed E-state index contributed by atoms with van der Waals surface area (Å²) in [6.07, 6.45) is 1.89. The summed E-state index contributed by atoms with van der Waals surface area (Å²) < 4.78 is 5.89. The average Bonchev–Trinajstić information content (AvgIpc) is 2.13. The fourth-order valence-electron chi connectivity index (χ4n) is 1.47. The van der Waals surface area contributed by atoms with Crippen LogP contribution in [0.5, 0.6) is 0 Å². The van der Waals surface area contributed by atoms with E-state index >= 15 is 0 Å². The van der Waals surface area contributed by atoms with E-state index in [2.05, 4.69) is 34.6 Å². The molecule has 0 spiro atoms. The molecule has 1 N–H and O–H groups in total. The third-order valence-electron chi connectivity index (χ3n) is 3.57. The van der Waals surface area contributed by atoms with Crippen LogP contribution in [0.1, 0.15) is 61.3 Å². The van der Waals surface area contributed by atoms with E-state index in [-0.39, 0.29) is 5.50 Å². The number of hydrogen-bond donors (Lipinski definition) is 1. The largest absolute Gasteiger partial charge is 0.390 e. The second-order valence-electron chi connectivity index (χ2n) is 7.19. The van der Waals surface area contributed by atoms with Crippen molar-refractivity contribution in [3.8, 4) is 0 Å². The number of hydrogen-bond acceptors (Lipinski definition) is 2. The maximum Gasteiger partial charge on any atom is 0.127 e. The highest BCUT2D eigenvalue weighted by atomic mass is 16.5. The molecule has 100 valence electrons. The SMILES string of the molecule is CCC(C)(C)BBC(C)(C)OCCC(C)(C)O. The molecule has 0 aliphatic rings. The van der Waals surface area contributed by atoms with E-state index < -0.39 is 5.60 Å². The molecular weight excluding hydrogens is 210 g/mol. The topological polar surface area (TPSA) is 29.5 Å². The fourth-order valence-corrected chi connectivity index (χ4v) is 1.47. The highest BCUT2D eigenvalue weighted by molar-refractivity contribution is 7.03. The van der Waals surface area contributed by atoms with E-state index in [0.29, 0.717) is 18.3 Å². The Morgan fingerprint density at radius 2 is 1.53 bits per heavy atom. The van der Waals surface area contributed by atoms with Crippen molar-refractivity contribution in [3.63, 3.8) is 0 Å². The molecule has 0 bridgehead atoms. The Bertz CT molecular complexity index is 220. The normalized spacial score (nSPS) is 13.6. The van der Waals surface area contributed by atoms with E-state index in [9.17, 15) is 5.11 Å². The quantitative estimate of drug-likeness (QED) is 0.659. The molecule has 0 unspecified atom stereocenters. The number of rotatable bonds is 8. The highest BCUT2D eigenvalue weighted by Gasteiger charge is 2.26. The minimum atomic E-state index is -0.626. The van der Waals surface area contributed by atoms with Gasteiger partial charge in [-0.1, -0.05) is 32.5 Å². The van der Waals surface area contributed by atoms with Crippen LogP contribution in [0.15, 0.2) is 0 Å². The highest BCUT2D eigenvalue weighted by Crippen LogP contribution is 2.27. The first kappa shape index (κ1) is 17.0. The minimum Gasteiger partial charge on any atom is -0.390 e. The molecule has 17 heavy (non-hydrogen) atoms. The van der Waals surface area contributed by atoms with Crippen molar-refractivity contribution in [1.82, 2.24) is 0 Å². The third-order valence-corrected chi connectivity index (χ3v) is 3.57. The summed E-state index contributed by atoms with van der Waals surface area (Å²) in [5, 5.41) is 10.0. The van der Waals surface area contributed by atoms with Crippen LogP contribution in [0.25, 0.3) is 0 Å². The molecular formula is C13H30B2O2. The Morgan fingerprint density at radius 1 is 1.00 bits per heavy atom. The summed E-state index contributed by atoms with van der Waals surface area (Å²) in [5.74, 6) is 0. The van der Waals surface area contributed by atoms with Crippen molar-refractivity contribution in [1.29, 1.82) is 0 Å². The van der Waals surface area contributed by atoms with Crippen molar-refractivity contribution in [2.75, 3.05) is 6.61 Å². The molecule has 0 aromatic rings. The van der Waals surface area contributed by atoms with Crippen LogP contribution in [0, 0.1) is 0 Å². The van der Waals surface area contributed by atoms with Crippen LogP contribution >= 0.6 is 0 Å². The van der Waals surface area contributed by atoms with Crippen LogP contribution in [0.3, 0.4) is 0 Å². The molecule has 4 heteroatoms. The second-order valence-corrected chi connectivity index (χ2v) is 7.19. The predicted octanol–water partition coefficient (Wildman–Crippen LogP) is 2.30. The lowest BCUT2D eigenvalue weighted by molar-refractivity contribution is -0.00672. The number of ether oxygens (including phenoxy) is 1. The lowest BCUT2D eigenvalue weighted by Gasteiger charge is -2.30. The van der Waals surface area contributed by atoms with Gasteiger partial charge in [-0.2, -0.15) is 0 Å². The van der Waals surface area contributed by atoms with E-state index in [1.165, 1.54) is 13.6 Å². The van der Waals surface area contributed by atoms with Crippen LogP contribution < -0.4 is 0 Å². The molecule has 0 saturated carbocycles. The molecule has 0 aromatic heterocycles. The van der Waals surface area contributed by atoms with Crippen molar-refractivity contribution in [3.05, 3.63) is 0 Å². The summed E-state index contributed by atoms with van der Waals surface area (Å²) in [7, 11) is 2.25. The van der Waals surface area contributed by atoms with E-state index in [0.717, 1.165) is 7.17 Å². The molecule has 0 aliphatic carbocycles. The van der Waals surface area contributed by atoms with Gasteiger partial charge < -0.3 is 9.84 Å². The van der Waals surface area contributed by atoms with Gasteiger partial charge in [0.1, 0.15) is 7.17 Å². The smallest absolute Gasteiger partial charge is 0.127 e. The van der Waals surface area contributed by atoms with Crippen LogP contribution in [-0.4, -0.2) is 37.2 Å². The summed E-state index contributed by atoms with van der Waals surface area (Å²) in [6.45, 7) is 15.4. The standard InChI is InChI=1S/C13H30B2O2/c1-8-11(2,3)14-15-13(6,7)17-10-9-12(4,5)16/h14-16H,8-10H2,1-7H3. The Labute approximate surface area is 109 Å². The zero-order chi connectivity index (χ0) is 13.7. The van der Waals surface area contributed by atoms with Gasteiger partial charge in [-0.05, 0) is 34.1 Å². The van der Waals surface area contributed by atoms with Crippen molar-refractivity contribution in [2.24, 2.45) is 0 Å². The van der Waals surface area contributed by atoms with E-state index in [4.69, 9.17) is 4.74 Å². The van der Waals surface area contributed by atoms with Crippen LogP contribution in [-0.2, 0) is 4.74 Å². The van der Waals surface area contributed by atoms with Crippen LogP contribution in [0.4, 0.5) is 0 Å². The Kier molecular flexibility index (Phi) is 6.30. The van der Waals surface area contributed by atoms with Gasteiger partial charge in [0.15, 0.2) is 0 Å². The number of aliphatic hydroxyl groups is 1. The lowest BCUT2D eigenvalue weighted by atomic mass is 9.24. The first-order valence-corrected chi connectivity index (χ1v) is 6.84. The van der Waals surface area contributed by atoms with Gasteiger partial charge in [0.25, 0.3) is 0 Å². The van der Waals surface area contributed by atoms with E-state index in [1.807, 2.05) is 13.8 Å². The van der Waals surface area contributed by atoms with E-state index in [1.54, 1.807) is 0 Å². The first-order chi connectivity index (χ1) is 7.47. The zero-order valence-electron chi connectivity index (χ0n) is 12.9. The van der Waals surface area contributed by atoms with Gasteiger partial charge in [-0.25, -0.2) is 0 Å². The summed E-state index contributed by atoms with van der Waals surface area (Å²) >= 11 is 0. The van der Waals surface area contributed by atoms with Gasteiger partial charge in [0, 0.05) is 12.1 Å². The second kappa shape index (κ2) is 6.29. The molecule has 0 saturated heterocycles. The molecule has 0 radical (unpaired) electrons. The lowest BCUT2D eigenvalue weighted by Crippen LogP contribution is -2.40. The molecule has 0 rings (SSSR count). The Hall–Kier alpha value is 0.0499. The molecule has 0 heterocycles. The Morgan fingerprint density at radius 3 is 1.94 bits per heavy atom. The maximum absolute atomic E-state index is 9.63. The zero-order valence-corrected chi connectivity index (χ0v) is 12.9. The summed E-state index contributed by atoms with van der Waals surface area (Å²) in [6, 6.07) is 0. The molecule has 0 fully saturated rings. The molecule has 0 atom stereocenters. The fraction of sp³-hybridized carbons (Fsp3) is 1.00. The van der Waals surface area contributed by atoms with Gasteiger partial charge in [0.2, 0.25) is 0 Å². The van der Waals surface area contributed by atoms with Crippen molar-refractivity contribution in [2.45, 2.75) is 77.7 Å². The molecule has 0 aliphatic heterocycles. The third kappa shape index (κ3) is 9.72. The van der Waals surface area contributed by atoms with Crippen molar-refractivity contribution >= 4 is 14.3 Å². The average molecular weight is 240 g/mol. The molecule has 2 nitrogen and oxygen atoms in total. The predicted molar refractivity (Wildman–Crippen MR) is 79.6 cm³/mol. The van der Waals surface area contributed by atoms with Gasteiger partial charge in [0.05, 0.1) is 12.8 Å². The summed E-state index contributed by atoms with van der Waals surface area (Å²) in [4.78, 5) is 0. The van der Waals surface area contributed by atoms with Crippen LogP contribution in [0.2, 0.25) is 5.31 Å². The minimum absolute atomic E-state index is 0.0856. The summed E-state index contributed by atoms with van der Waals surface area (Å²) in [5.41, 5.74) is -0.712. The van der Waals surface area contributed by atoms with Crippen molar-refractivity contribution < 1.29 is 9.84 Å². The molecule has 0 amide bonds. The Balaban J connectivity index is 3.96.